The van der Waals surface area contributed by atoms with E-state index in [0.29, 0.717) is 6.54 Å². The molecule has 16 heavy (non-hydrogen) atoms. The molecule has 0 unspecified atom stereocenters. The van der Waals surface area contributed by atoms with Crippen LogP contribution in [0.2, 0.25) is 0 Å². The summed E-state index contributed by atoms with van der Waals surface area (Å²) in [6, 6.07) is 2.31. The van der Waals surface area contributed by atoms with Crippen LogP contribution in [0.5, 0.6) is 0 Å². The fourth-order valence-electron chi connectivity index (χ4n) is 1.58. The van der Waals surface area contributed by atoms with Gasteiger partial charge in [0, 0.05) is 13.1 Å². The first kappa shape index (κ1) is 15.2. The first-order chi connectivity index (χ1) is 7.55. The largest absolute Gasteiger partial charge is 0.395 e. The molecule has 0 aromatic rings. The van der Waals surface area contributed by atoms with Crippen LogP contribution in [-0.2, 0) is 0 Å². The average Bonchev–Trinajstić information content (AvgIpc) is 2.25. The smallest absolute Gasteiger partial charge is 0.0683 e. The second-order valence-electron chi connectivity index (χ2n) is 4.77. The van der Waals surface area contributed by atoms with Crippen LogP contribution in [0.3, 0.4) is 0 Å². The number of nitriles is 1. The van der Waals surface area contributed by atoms with E-state index in [0.717, 1.165) is 32.4 Å². The Morgan fingerprint density at radius 3 is 2.56 bits per heavy atom. The van der Waals surface area contributed by atoms with Crippen molar-refractivity contribution in [1.29, 1.82) is 5.26 Å². The minimum absolute atomic E-state index is 0.192. The van der Waals surface area contributed by atoms with Gasteiger partial charge in [-0.2, -0.15) is 5.26 Å². The number of nitrogens with zero attached hydrogens (tertiary/aromatic N) is 2. The van der Waals surface area contributed by atoms with E-state index < -0.39 is 0 Å². The molecule has 0 rings (SSSR count). The van der Waals surface area contributed by atoms with Crippen molar-refractivity contribution in [2.45, 2.75) is 33.1 Å². The zero-order valence-corrected chi connectivity index (χ0v) is 10.6. The average molecular weight is 224 g/mol. The van der Waals surface area contributed by atoms with Crippen LogP contribution in [0, 0.1) is 16.7 Å². The lowest BCUT2D eigenvalue weighted by Crippen LogP contribution is -2.28. The standard InChI is InChI=1S/C13H24N2O/c1-4-8-15(10-11-16)9-6-5-7-13(2,3)12-14/h4,16H,1,5-11H2,2-3H3. The molecule has 0 atom stereocenters. The highest BCUT2D eigenvalue weighted by molar-refractivity contribution is 4.91. The summed E-state index contributed by atoms with van der Waals surface area (Å²) >= 11 is 0. The van der Waals surface area contributed by atoms with Gasteiger partial charge in [-0.15, -0.1) is 6.58 Å². The van der Waals surface area contributed by atoms with Gasteiger partial charge < -0.3 is 5.11 Å². The number of rotatable bonds is 9. The molecule has 92 valence electrons. The molecular formula is C13H24N2O. The summed E-state index contributed by atoms with van der Waals surface area (Å²) in [4.78, 5) is 2.17. The maximum Gasteiger partial charge on any atom is 0.0683 e. The van der Waals surface area contributed by atoms with Crippen molar-refractivity contribution in [1.82, 2.24) is 4.90 Å². The molecule has 3 nitrogen and oxygen atoms in total. The number of hydrogen-bond donors (Lipinski definition) is 1. The molecule has 0 amide bonds. The minimum atomic E-state index is -0.208. The van der Waals surface area contributed by atoms with Gasteiger partial charge >= 0.3 is 0 Å². The molecule has 0 radical (unpaired) electrons. The third-order valence-electron chi connectivity index (χ3n) is 2.63. The molecule has 3 heteroatoms. The Balaban J connectivity index is 3.70. The Morgan fingerprint density at radius 2 is 2.06 bits per heavy atom. The topological polar surface area (TPSA) is 47.3 Å². The van der Waals surface area contributed by atoms with Crippen molar-refractivity contribution < 1.29 is 5.11 Å². The van der Waals surface area contributed by atoms with Gasteiger partial charge in [-0.05, 0) is 33.2 Å². The van der Waals surface area contributed by atoms with E-state index in [1.165, 1.54) is 0 Å². The Kier molecular flexibility index (Phi) is 7.88. The van der Waals surface area contributed by atoms with E-state index >= 15 is 0 Å². The Morgan fingerprint density at radius 1 is 1.38 bits per heavy atom. The molecule has 0 saturated carbocycles. The summed E-state index contributed by atoms with van der Waals surface area (Å²) in [7, 11) is 0. The number of aliphatic hydroxyl groups excluding tert-OH is 1. The molecule has 0 spiro atoms. The molecule has 0 aliphatic heterocycles. The van der Waals surface area contributed by atoms with Crippen LogP contribution in [0.15, 0.2) is 12.7 Å². The lowest BCUT2D eigenvalue weighted by molar-refractivity contribution is 0.204. The van der Waals surface area contributed by atoms with Crippen LogP contribution >= 0.6 is 0 Å². The van der Waals surface area contributed by atoms with E-state index in [1.54, 1.807) is 0 Å². The number of aliphatic hydroxyl groups is 1. The minimum Gasteiger partial charge on any atom is -0.395 e. The summed E-state index contributed by atoms with van der Waals surface area (Å²) in [6.07, 6.45) is 4.91. The van der Waals surface area contributed by atoms with E-state index in [1.807, 2.05) is 19.9 Å². The first-order valence-corrected chi connectivity index (χ1v) is 5.91. The molecule has 1 N–H and O–H groups in total. The van der Waals surface area contributed by atoms with Gasteiger partial charge in [0.15, 0.2) is 0 Å². The first-order valence-electron chi connectivity index (χ1n) is 5.91. The van der Waals surface area contributed by atoms with Gasteiger partial charge in [-0.25, -0.2) is 0 Å². The molecule has 0 aromatic carbocycles. The molecule has 0 aliphatic carbocycles. The van der Waals surface area contributed by atoms with Crippen LogP contribution < -0.4 is 0 Å². The van der Waals surface area contributed by atoms with Crippen molar-refractivity contribution in [2.24, 2.45) is 5.41 Å². The van der Waals surface area contributed by atoms with Crippen LogP contribution in [0.25, 0.3) is 0 Å². The fourth-order valence-corrected chi connectivity index (χ4v) is 1.58. The van der Waals surface area contributed by atoms with Crippen LogP contribution in [0.1, 0.15) is 33.1 Å². The highest BCUT2D eigenvalue weighted by Crippen LogP contribution is 2.21. The number of hydrogen-bond acceptors (Lipinski definition) is 3. The monoisotopic (exact) mass is 224 g/mol. The Hall–Kier alpha value is -0.850. The SMILES string of the molecule is C=CCN(CCO)CCCCC(C)(C)C#N. The molecule has 0 bridgehead atoms. The Bertz CT molecular complexity index is 231. The zero-order valence-electron chi connectivity index (χ0n) is 10.6. The van der Waals surface area contributed by atoms with Crippen molar-refractivity contribution in [3.63, 3.8) is 0 Å². The molecular weight excluding hydrogens is 200 g/mol. The van der Waals surface area contributed by atoms with Gasteiger partial charge in [0.25, 0.3) is 0 Å². The van der Waals surface area contributed by atoms with E-state index in [9.17, 15) is 0 Å². The van der Waals surface area contributed by atoms with Gasteiger partial charge in [0.2, 0.25) is 0 Å². The summed E-state index contributed by atoms with van der Waals surface area (Å²) in [5, 5.41) is 17.7. The van der Waals surface area contributed by atoms with Gasteiger partial charge in [-0.1, -0.05) is 12.5 Å². The second kappa shape index (κ2) is 8.32. The lowest BCUT2D eigenvalue weighted by Gasteiger charge is -2.20. The van der Waals surface area contributed by atoms with E-state index in [4.69, 9.17) is 10.4 Å². The predicted molar refractivity (Wildman–Crippen MR) is 67.0 cm³/mol. The quantitative estimate of drug-likeness (QED) is 0.482. The number of unbranched alkanes of at least 4 members (excludes halogenated alkanes) is 1. The summed E-state index contributed by atoms with van der Waals surface area (Å²) < 4.78 is 0. The van der Waals surface area contributed by atoms with Crippen molar-refractivity contribution in [3.8, 4) is 6.07 Å². The molecule has 0 aliphatic rings. The highest BCUT2D eigenvalue weighted by atomic mass is 16.3. The highest BCUT2D eigenvalue weighted by Gasteiger charge is 2.15. The zero-order chi connectivity index (χ0) is 12.4. The predicted octanol–water partition coefficient (Wildman–Crippen LogP) is 2.19. The lowest BCUT2D eigenvalue weighted by atomic mass is 9.89. The molecule has 0 heterocycles. The summed E-state index contributed by atoms with van der Waals surface area (Å²) in [5.41, 5.74) is -0.208. The van der Waals surface area contributed by atoms with Gasteiger partial charge in [-0.3, -0.25) is 4.90 Å². The summed E-state index contributed by atoms with van der Waals surface area (Å²) in [6.45, 7) is 10.3. The van der Waals surface area contributed by atoms with Crippen LogP contribution in [-0.4, -0.2) is 36.2 Å². The van der Waals surface area contributed by atoms with Crippen molar-refractivity contribution >= 4 is 0 Å². The van der Waals surface area contributed by atoms with Crippen molar-refractivity contribution in [3.05, 3.63) is 12.7 Å². The maximum atomic E-state index is 8.87. The molecule has 0 saturated heterocycles. The van der Waals surface area contributed by atoms with Crippen LogP contribution in [0.4, 0.5) is 0 Å². The third-order valence-corrected chi connectivity index (χ3v) is 2.63. The molecule has 0 aromatic heterocycles. The third kappa shape index (κ3) is 7.44. The van der Waals surface area contributed by atoms with Gasteiger partial charge in [0.1, 0.15) is 0 Å². The molecule has 0 fully saturated rings. The normalized spacial score (nSPS) is 11.4. The van der Waals surface area contributed by atoms with Gasteiger partial charge in [0.05, 0.1) is 18.1 Å². The van der Waals surface area contributed by atoms with E-state index in [-0.39, 0.29) is 12.0 Å². The van der Waals surface area contributed by atoms with E-state index in [2.05, 4.69) is 17.5 Å². The second-order valence-corrected chi connectivity index (χ2v) is 4.77. The Labute approximate surface area is 99.4 Å². The van der Waals surface area contributed by atoms with Crippen molar-refractivity contribution in [2.75, 3.05) is 26.2 Å². The maximum absolute atomic E-state index is 8.87. The summed E-state index contributed by atoms with van der Waals surface area (Å²) in [5.74, 6) is 0. The fraction of sp³-hybridized carbons (Fsp3) is 0.769.